The summed E-state index contributed by atoms with van der Waals surface area (Å²) in [4.78, 5) is 24.0. The van der Waals surface area contributed by atoms with Crippen molar-refractivity contribution in [1.82, 2.24) is 25.5 Å². The van der Waals surface area contributed by atoms with Crippen molar-refractivity contribution in [2.45, 2.75) is 19.0 Å². The van der Waals surface area contributed by atoms with Crippen molar-refractivity contribution in [3.63, 3.8) is 0 Å². The minimum absolute atomic E-state index is 0.0429. The van der Waals surface area contributed by atoms with Gasteiger partial charge in [0, 0.05) is 5.69 Å². The molecule has 0 fully saturated rings. The summed E-state index contributed by atoms with van der Waals surface area (Å²) in [5, 5.41) is 26.0. The maximum atomic E-state index is 12.0. The summed E-state index contributed by atoms with van der Waals surface area (Å²) in [7, 11) is 0. The number of hydrogen-bond acceptors (Lipinski definition) is 7. The van der Waals surface area contributed by atoms with Crippen molar-refractivity contribution in [2.24, 2.45) is 0 Å². The van der Waals surface area contributed by atoms with Crippen LogP contribution in [0.5, 0.6) is 5.75 Å². The van der Waals surface area contributed by atoms with Gasteiger partial charge in [-0.25, -0.2) is 4.79 Å². The van der Waals surface area contributed by atoms with Gasteiger partial charge in [0.25, 0.3) is 0 Å². The number of tetrazole rings is 1. The Morgan fingerprint density at radius 2 is 1.86 bits per heavy atom. The molecule has 0 bridgehead atoms. The van der Waals surface area contributed by atoms with Crippen LogP contribution in [0.15, 0.2) is 47.6 Å². The molecule has 144 valence electrons. The number of urea groups is 1. The van der Waals surface area contributed by atoms with E-state index in [4.69, 9.17) is 0 Å². The first-order valence-corrected chi connectivity index (χ1v) is 9.29. The number of imide groups is 1. The van der Waals surface area contributed by atoms with Crippen LogP contribution in [-0.4, -0.2) is 43.0 Å². The molecule has 1 heterocycles. The van der Waals surface area contributed by atoms with Crippen molar-refractivity contribution in [3.8, 4) is 11.4 Å². The fourth-order valence-corrected chi connectivity index (χ4v) is 2.99. The van der Waals surface area contributed by atoms with Crippen LogP contribution in [0.1, 0.15) is 11.1 Å². The molecule has 0 atom stereocenters. The van der Waals surface area contributed by atoms with Crippen LogP contribution in [0.4, 0.5) is 10.5 Å². The Bertz CT molecular complexity index is 1000. The van der Waals surface area contributed by atoms with Gasteiger partial charge in [0.1, 0.15) is 5.75 Å². The van der Waals surface area contributed by atoms with Gasteiger partial charge in [0.05, 0.1) is 11.4 Å². The molecule has 9 nitrogen and oxygen atoms in total. The number of thioether (sulfide) groups is 1. The average Bonchev–Trinajstić information content (AvgIpc) is 3.12. The molecular weight excluding hydrogens is 380 g/mol. The van der Waals surface area contributed by atoms with Crippen molar-refractivity contribution < 1.29 is 14.7 Å². The molecule has 28 heavy (non-hydrogen) atoms. The zero-order chi connectivity index (χ0) is 20.1. The van der Waals surface area contributed by atoms with Crippen LogP contribution < -0.4 is 10.6 Å². The second kappa shape index (κ2) is 8.53. The zero-order valence-corrected chi connectivity index (χ0v) is 16.0. The van der Waals surface area contributed by atoms with Crippen molar-refractivity contribution in [2.75, 3.05) is 11.1 Å². The van der Waals surface area contributed by atoms with Gasteiger partial charge in [0.2, 0.25) is 11.1 Å². The summed E-state index contributed by atoms with van der Waals surface area (Å²) in [6, 6.07) is 11.2. The third-order valence-corrected chi connectivity index (χ3v) is 4.80. The van der Waals surface area contributed by atoms with E-state index in [1.165, 1.54) is 16.8 Å². The highest BCUT2D eigenvalue weighted by atomic mass is 32.2. The molecular formula is C18H18N6O3S. The number of phenolic OH excluding ortho intramolecular Hbond substituents is 1. The van der Waals surface area contributed by atoms with Gasteiger partial charge in [0.15, 0.2) is 0 Å². The lowest BCUT2D eigenvalue weighted by Crippen LogP contribution is -2.35. The number of hydrogen-bond donors (Lipinski definition) is 3. The summed E-state index contributed by atoms with van der Waals surface area (Å²) >= 11 is 1.09. The van der Waals surface area contributed by atoms with Crippen LogP contribution in [-0.2, 0) is 4.79 Å². The van der Waals surface area contributed by atoms with E-state index in [1.54, 1.807) is 18.2 Å². The molecule has 0 aliphatic heterocycles. The maximum Gasteiger partial charge on any atom is 0.325 e. The number of aromatic hydroxyl groups is 1. The Morgan fingerprint density at radius 3 is 2.57 bits per heavy atom. The monoisotopic (exact) mass is 398 g/mol. The molecule has 0 saturated heterocycles. The number of carbonyl (C=O) groups excluding carboxylic acids is 2. The number of benzene rings is 2. The molecule has 0 radical (unpaired) electrons. The second-order valence-electron chi connectivity index (χ2n) is 5.98. The Kier molecular flexibility index (Phi) is 5.90. The summed E-state index contributed by atoms with van der Waals surface area (Å²) in [5.41, 5.74) is 3.40. The van der Waals surface area contributed by atoms with E-state index in [2.05, 4.69) is 26.2 Å². The number of aryl methyl sites for hydroxylation is 2. The summed E-state index contributed by atoms with van der Waals surface area (Å²) in [6.07, 6.45) is 0. The molecule has 3 aromatic rings. The van der Waals surface area contributed by atoms with E-state index in [0.717, 1.165) is 22.9 Å². The number of aromatic nitrogens is 4. The largest absolute Gasteiger partial charge is 0.508 e. The van der Waals surface area contributed by atoms with E-state index in [1.807, 2.05) is 26.0 Å². The van der Waals surface area contributed by atoms with Crippen LogP contribution in [0.2, 0.25) is 0 Å². The lowest BCUT2D eigenvalue weighted by atomic mass is 10.1. The molecule has 0 aliphatic carbocycles. The maximum absolute atomic E-state index is 12.0. The Balaban J connectivity index is 1.54. The lowest BCUT2D eigenvalue weighted by Gasteiger charge is -2.08. The van der Waals surface area contributed by atoms with Crippen molar-refractivity contribution in [3.05, 3.63) is 53.6 Å². The molecule has 2 aromatic carbocycles. The topological polar surface area (TPSA) is 122 Å². The first-order chi connectivity index (χ1) is 13.4. The Morgan fingerprint density at radius 1 is 1.11 bits per heavy atom. The number of rotatable bonds is 5. The van der Waals surface area contributed by atoms with E-state index < -0.39 is 11.9 Å². The highest BCUT2D eigenvalue weighted by Crippen LogP contribution is 2.19. The van der Waals surface area contributed by atoms with Crippen molar-refractivity contribution >= 4 is 29.4 Å². The van der Waals surface area contributed by atoms with Crippen LogP contribution in [0.3, 0.4) is 0 Å². The van der Waals surface area contributed by atoms with Gasteiger partial charge in [-0.3, -0.25) is 10.1 Å². The molecule has 0 spiro atoms. The number of nitrogens with zero attached hydrogens (tertiary/aromatic N) is 4. The fraction of sp³-hybridized carbons (Fsp3) is 0.167. The molecule has 3 N–H and O–H groups in total. The molecule has 0 aliphatic rings. The van der Waals surface area contributed by atoms with Crippen LogP contribution in [0.25, 0.3) is 5.69 Å². The van der Waals surface area contributed by atoms with Crippen LogP contribution >= 0.6 is 11.8 Å². The predicted octanol–water partition coefficient (Wildman–Crippen LogP) is 2.43. The molecule has 0 saturated carbocycles. The van der Waals surface area contributed by atoms with Gasteiger partial charge in [-0.15, -0.1) is 5.10 Å². The molecule has 3 rings (SSSR count). The highest BCUT2D eigenvalue weighted by Gasteiger charge is 2.13. The first kappa shape index (κ1) is 19.4. The molecule has 1 aromatic heterocycles. The zero-order valence-electron chi connectivity index (χ0n) is 15.2. The normalized spacial score (nSPS) is 10.5. The second-order valence-corrected chi connectivity index (χ2v) is 6.92. The van der Waals surface area contributed by atoms with E-state index in [9.17, 15) is 14.7 Å². The van der Waals surface area contributed by atoms with E-state index >= 15 is 0 Å². The third-order valence-electron chi connectivity index (χ3n) is 3.89. The Hall–Kier alpha value is -3.40. The molecule has 3 amide bonds. The lowest BCUT2D eigenvalue weighted by molar-refractivity contribution is -0.117. The molecule has 10 heteroatoms. The minimum atomic E-state index is -0.605. The van der Waals surface area contributed by atoms with Gasteiger partial charge in [-0.2, -0.15) is 4.68 Å². The standard InChI is InChI=1S/C18H18N6O3S/c1-11-3-4-13(9-12(11)2)19-17(27)20-16(26)10-28-18-21-22-23-24(18)14-5-7-15(25)8-6-14/h3-9,25H,10H2,1-2H3,(H2,19,20,26,27). The number of amides is 3. The summed E-state index contributed by atoms with van der Waals surface area (Å²) < 4.78 is 1.44. The quantitative estimate of drug-likeness (QED) is 0.564. The fourth-order valence-electron chi connectivity index (χ4n) is 2.30. The van der Waals surface area contributed by atoms with Crippen molar-refractivity contribution in [1.29, 1.82) is 0 Å². The number of carbonyl (C=O) groups is 2. The minimum Gasteiger partial charge on any atom is -0.508 e. The molecule has 0 unspecified atom stereocenters. The van der Waals surface area contributed by atoms with E-state index in [-0.39, 0.29) is 11.5 Å². The third kappa shape index (κ3) is 4.86. The van der Waals surface area contributed by atoms with Crippen LogP contribution in [0, 0.1) is 13.8 Å². The number of phenols is 1. The van der Waals surface area contributed by atoms with E-state index in [0.29, 0.717) is 16.5 Å². The first-order valence-electron chi connectivity index (χ1n) is 8.31. The number of nitrogens with one attached hydrogen (secondary N) is 2. The number of anilines is 1. The highest BCUT2D eigenvalue weighted by molar-refractivity contribution is 7.99. The van der Waals surface area contributed by atoms with Gasteiger partial charge >= 0.3 is 6.03 Å². The van der Waals surface area contributed by atoms with Gasteiger partial charge in [-0.05, 0) is 71.8 Å². The smallest absolute Gasteiger partial charge is 0.325 e. The SMILES string of the molecule is Cc1ccc(NC(=O)NC(=O)CSc2nnnn2-c2ccc(O)cc2)cc1C. The van der Waals surface area contributed by atoms with Gasteiger partial charge < -0.3 is 10.4 Å². The van der Waals surface area contributed by atoms with Gasteiger partial charge in [-0.1, -0.05) is 17.8 Å². The predicted molar refractivity (Wildman–Crippen MR) is 105 cm³/mol. The average molecular weight is 398 g/mol. The Labute approximate surface area is 165 Å². The summed E-state index contributed by atoms with van der Waals surface area (Å²) in [5.74, 6) is -0.398. The summed E-state index contributed by atoms with van der Waals surface area (Å²) in [6.45, 7) is 3.92.